The van der Waals surface area contributed by atoms with Gasteiger partial charge in [0.1, 0.15) is 11.8 Å². The normalized spacial score (nSPS) is 9.50. The molecule has 0 fully saturated rings. The first-order valence-corrected chi connectivity index (χ1v) is 4.16. The summed E-state index contributed by atoms with van der Waals surface area (Å²) in [5, 5.41) is 8.88. The van der Waals surface area contributed by atoms with Gasteiger partial charge in [0.25, 0.3) is 0 Å². The summed E-state index contributed by atoms with van der Waals surface area (Å²) in [6, 6.07) is 2.93. The Morgan fingerprint density at radius 2 is 2.43 bits per heavy atom. The molecule has 0 bridgehead atoms. The number of aromatic carboxylic acids is 1. The average molecular weight is 214 g/mol. The predicted octanol–water partition coefficient (Wildman–Crippen LogP) is 2.00. The van der Waals surface area contributed by atoms with Crippen LogP contribution in [0.5, 0.6) is 5.75 Å². The van der Waals surface area contributed by atoms with Crippen LogP contribution in [0.4, 0.5) is 0 Å². The molecule has 1 N–H and O–H groups in total. The second-order valence-corrected chi connectivity index (χ2v) is 2.77. The van der Waals surface area contributed by atoms with Crippen molar-refractivity contribution in [1.82, 2.24) is 4.98 Å². The van der Waals surface area contributed by atoms with Crippen LogP contribution in [-0.4, -0.2) is 22.7 Å². The number of pyridine rings is 1. The Morgan fingerprint density at radius 1 is 1.71 bits per heavy atom. The quantitative estimate of drug-likeness (QED) is 0.614. The molecule has 0 spiro atoms. The molecule has 0 aromatic carbocycles. The van der Waals surface area contributed by atoms with E-state index >= 15 is 0 Å². The summed E-state index contributed by atoms with van der Waals surface area (Å²) in [4.78, 5) is 14.3. The van der Waals surface area contributed by atoms with Gasteiger partial charge in [-0.3, -0.25) is 0 Å². The number of hydrogen-bond donors (Lipinski definition) is 1. The summed E-state index contributed by atoms with van der Waals surface area (Å²) in [6.07, 6.45) is 1.51. The maximum atomic E-state index is 10.7. The molecule has 0 saturated heterocycles. The number of aromatic nitrogens is 1. The van der Waals surface area contributed by atoms with E-state index in [0.717, 1.165) is 0 Å². The molecular weight excluding hydrogens is 206 g/mol. The largest absolute Gasteiger partial charge is 0.487 e. The van der Waals surface area contributed by atoms with Crippen molar-refractivity contribution in [3.05, 3.63) is 35.6 Å². The van der Waals surface area contributed by atoms with Crippen molar-refractivity contribution in [1.29, 1.82) is 0 Å². The third-order valence-corrected chi connectivity index (χ3v) is 1.59. The summed E-state index contributed by atoms with van der Waals surface area (Å²) in [6.45, 7) is 3.67. The summed E-state index contributed by atoms with van der Waals surface area (Å²) in [5.74, 6) is -0.992. The van der Waals surface area contributed by atoms with Gasteiger partial charge in [0.05, 0.1) is 0 Å². The molecule has 1 aromatic heterocycles. The molecule has 5 heteroatoms. The summed E-state index contributed by atoms with van der Waals surface area (Å²) < 4.78 is 5.08. The number of carbonyl (C=O) groups is 1. The van der Waals surface area contributed by atoms with Gasteiger partial charge >= 0.3 is 5.97 Å². The SMILES string of the molecule is C=CCOc1ccc(Cl)nc1C(=O)O. The van der Waals surface area contributed by atoms with Gasteiger partial charge < -0.3 is 9.84 Å². The zero-order valence-electron chi connectivity index (χ0n) is 7.24. The molecule has 0 radical (unpaired) electrons. The van der Waals surface area contributed by atoms with Gasteiger partial charge in [-0.15, -0.1) is 0 Å². The highest BCUT2D eigenvalue weighted by Gasteiger charge is 2.13. The Hall–Kier alpha value is -1.55. The number of rotatable bonds is 4. The Kier molecular flexibility index (Phi) is 3.48. The van der Waals surface area contributed by atoms with Gasteiger partial charge in [-0.1, -0.05) is 24.3 Å². The van der Waals surface area contributed by atoms with Crippen LogP contribution < -0.4 is 4.74 Å². The fourth-order valence-corrected chi connectivity index (χ4v) is 0.988. The highest BCUT2D eigenvalue weighted by molar-refractivity contribution is 6.29. The maximum absolute atomic E-state index is 10.7. The molecule has 0 atom stereocenters. The lowest BCUT2D eigenvalue weighted by molar-refractivity contribution is 0.0686. The second kappa shape index (κ2) is 4.62. The van der Waals surface area contributed by atoms with E-state index in [1.54, 1.807) is 0 Å². The second-order valence-electron chi connectivity index (χ2n) is 2.39. The van der Waals surface area contributed by atoms with Crippen molar-refractivity contribution >= 4 is 17.6 Å². The van der Waals surface area contributed by atoms with Crippen LogP contribution in [0.25, 0.3) is 0 Å². The van der Waals surface area contributed by atoms with Crippen LogP contribution in [0.15, 0.2) is 24.8 Å². The maximum Gasteiger partial charge on any atom is 0.358 e. The molecular formula is C9H8ClNO3. The number of hydrogen-bond acceptors (Lipinski definition) is 3. The molecule has 1 heterocycles. The van der Waals surface area contributed by atoms with Crippen LogP contribution >= 0.6 is 11.6 Å². The van der Waals surface area contributed by atoms with Crippen LogP contribution in [0.3, 0.4) is 0 Å². The van der Waals surface area contributed by atoms with Gasteiger partial charge in [-0.2, -0.15) is 0 Å². The van der Waals surface area contributed by atoms with E-state index in [-0.39, 0.29) is 23.2 Å². The van der Waals surface area contributed by atoms with Gasteiger partial charge in [0, 0.05) is 0 Å². The van der Waals surface area contributed by atoms with Crippen LogP contribution in [0, 0.1) is 0 Å². The molecule has 0 aliphatic rings. The minimum Gasteiger partial charge on any atom is -0.487 e. The Balaban J connectivity index is 3.01. The van der Waals surface area contributed by atoms with Gasteiger partial charge in [0.2, 0.25) is 0 Å². The van der Waals surface area contributed by atoms with Crippen LogP contribution in [0.1, 0.15) is 10.5 Å². The number of halogens is 1. The van der Waals surface area contributed by atoms with Crippen LogP contribution in [-0.2, 0) is 0 Å². The van der Waals surface area contributed by atoms with E-state index < -0.39 is 5.97 Å². The molecule has 4 nitrogen and oxygen atoms in total. The lowest BCUT2D eigenvalue weighted by Gasteiger charge is -2.05. The predicted molar refractivity (Wildman–Crippen MR) is 51.9 cm³/mol. The molecule has 74 valence electrons. The van der Waals surface area contributed by atoms with Crippen molar-refractivity contribution in [2.75, 3.05) is 6.61 Å². The monoisotopic (exact) mass is 213 g/mol. The van der Waals surface area contributed by atoms with E-state index in [1.807, 2.05) is 0 Å². The van der Waals surface area contributed by atoms with Crippen LogP contribution in [0.2, 0.25) is 5.15 Å². The Bertz CT molecular complexity index is 365. The van der Waals surface area contributed by atoms with Crippen molar-refractivity contribution in [2.24, 2.45) is 0 Å². The van der Waals surface area contributed by atoms with E-state index in [1.165, 1.54) is 18.2 Å². The van der Waals surface area contributed by atoms with E-state index in [2.05, 4.69) is 11.6 Å². The summed E-state index contributed by atoms with van der Waals surface area (Å²) in [7, 11) is 0. The number of nitrogens with zero attached hydrogens (tertiary/aromatic N) is 1. The number of ether oxygens (including phenoxy) is 1. The first kappa shape index (κ1) is 10.5. The highest BCUT2D eigenvalue weighted by atomic mass is 35.5. The van der Waals surface area contributed by atoms with Gasteiger partial charge in [-0.25, -0.2) is 9.78 Å². The summed E-state index contributed by atoms with van der Waals surface area (Å²) >= 11 is 5.54. The average Bonchev–Trinajstić information content (AvgIpc) is 2.15. The number of carboxylic acids is 1. The van der Waals surface area contributed by atoms with Crippen molar-refractivity contribution in [3.8, 4) is 5.75 Å². The zero-order chi connectivity index (χ0) is 10.6. The third-order valence-electron chi connectivity index (χ3n) is 1.38. The van der Waals surface area contributed by atoms with E-state index in [0.29, 0.717) is 0 Å². The third kappa shape index (κ3) is 2.47. The minimum atomic E-state index is -1.17. The molecule has 0 aliphatic carbocycles. The lowest BCUT2D eigenvalue weighted by Crippen LogP contribution is -2.05. The first-order valence-electron chi connectivity index (χ1n) is 3.78. The van der Waals surface area contributed by atoms with Gasteiger partial charge in [-0.05, 0) is 12.1 Å². The zero-order valence-corrected chi connectivity index (χ0v) is 7.99. The molecule has 1 rings (SSSR count). The van der Waals surface area contributed by atoms with Crippen molar-refractivity contribution in [3.63, 3.8) is 0 Å². The van der Waals surface area contributed by atoms with E-state index in [9.17, 15) is 4.79 Å². The van der Waals surface area contributed by atoms with Gasteiger partial charge in [0.15, 0.2) is 11.4 Å². The fourth-order valence-electron chi connectivity index (χ4n) is 0.841. The smallest absolute Gasteiger partial charge is 0.358 e. The fraction of sp³-hybridized carbons (Fsp3) is 0.111. The standard InChI is InChI=1S/C9H8ClNO3/c1-2-5-14-6-3-4-7(10)11-8(6)9(12)13/h2-4H,1,5H2,(H,12,13). The molecule has 14 heavy (non-hydrogen) atoms. The summed E-state index contributed by atoms with van der Waals surface area (Å²) in [5.41, 5.74) is -0.195. The molecule has 0 unspecified atom stereocenters. The topological polar surface area (TPSA) is 59.4 Å². The van der Waals surface area contributed by atoms with E-state index in [4.69, 9.17) is 21.4 Å². The molecule has 0 saturated carbocycles. The highest BCUT2D eigenvalue weighted by Crippen LogP contribution is 2.19. The van der Waals surface area contributed by atoms with Crippen molar-refractivity contribution < 1.29 is 14.6 Å². The number of carboxylic acid groups (broad SMARTS) is 1. The Morgan fingerprint density at radius 3 is 3.00 bits per heavy atom. The lowest BCUT2D eigenvalue weighted by atomic mass is 10.3. The molecule has 0 aliphatic heterocycles. The minimum absolute atomic E-state index is 0.119. The molecule has 1 aromatic rings. The molecule has 0 amide bonds. The first-order chi connectivity index (χ1) is 6.65. The Labute approximate surface area is 85.8 Å². The van der Waals surface area contributed by atoms with Crippen molar-refractivity contribution in [2.45, 2.75) is 0 Å².